The quantitative estimate of drug-likeness (QED) is 0.599. The zero-order chi connectivity index (χ0) is 7.71. The van der Waals surface area contributed by atoms with E-state index in [0.29, 0.717) is 0 Å². The largest absolute Gasteiger partial charge is 0.478 e. The normalized spacial score (nSPS) is 14.0. The summed E-state index contributed by atoms with van der Waals surface area (Å²) in [6.45, 7) is 0. The van der Waals surface area contributed by atoms with E-state index in [4.69, 9.17) is 5.11 Å². The molecule has 0 saturated carbocycles. The summed E-state index contributed by atoms with van der Waals surface area (Å²) in [4.78, 5) is 1.47. The fourth-order valence-electron chi connectivity index (χ4n) is 0.0464. The van der Waals surface area contributed by atoms with E-state index in [9.17, 15) is 22.1 Å². The zero-order valence-electron chi connectivity index (χ0n) is 3.75. The van der Waals surface area contributed by atoms with Crippen LogP contribution in [-0.4, -0.2) is 17.3 Å². The van der Waals surface area contributed by atoms with Gasteiger partial charge in [0.25, 0.3) is 0 Å². The SMILES string of the molecule is OC(F)(F)C(F)(F)OF. The fraction of sp³-hybridized carbons (Fsp3) is 1.00. The van der Waals surface area contributed by atoms with Gasteiger partial charge < -0.3 is 5.11 Å². The molecule has 2 nitrogen and oxygen atoms in total. The van der Waals surface area contributed by atoms with Crippen molar-refractivity contribution in [2.24, 2.45) is 0 Å². The lowest BCUT2D eigenvalue weighted by Gasteiger charge is -2.14. The molecule has 0 rings (SSSR count). The van der Waals surface area contributed by atoms with Crippen LogP contribution >= 0.6 is 0 Å². The second kappa shape index (κ2) is 2.07. The van der Waals surface area contributed by atoms with Crippen LogP contribution in [0.5, 0.6) is 0 Å². The summed E-state index contributed by atoms with van der Waals surface area (Å²) in [5.74, 6) is 0. The predicted molar refractivity (Wildman–Crippen MR) is 14.3 cm³/mol. The molecule has 0 aliphatic heterocycles. The first kappa shape index (κ1) is 8.57. The van der Waals surface area contributed by atoms with Crippen LogP contribution in [-0.2, 0) is 4.94 Å². The van der Waals surface area contributed by atoms with E-state index in [1.807, 2.05) is 0 Å². The first-order valence-corrected chi connectivity index (χ1v) is 1.59. The van der Waals surface area contributed by atoms with E-state index in [1.165, 1.54) is 4.94 Å². The highest BCUT2D eigenvalue weighted by molar-refractivity contribution is 4.60. The number of rotatable bonds is 2. The van der Waals surface area contributed by atoms with Crippen molar-refractivity contribution in [3.8, 4) is 0 Å². The number of halogens is 5. The minimum Gasteiger partial charge on any atom is -0.329 e. The highest BCUT2D eigenvalue weighted by atomic mass is 19.4. The van der Waals surface area contributed by atoms with E-state index in [0.717, 1.165) is 0 Å². The molecule has 0 bridgehead atoms. The molecule has 1 N–H and O–H groups in total. The van der Waals surface area contributed by atoms with Crippen molar-refractivity contribution in [2.45, 2.75) is 12.2 Å². The lowest BCUT2D eigenvalue weighted by molar-refractivity contribution is -0.471. The Morgan fingerprint density at radius 1 is 1.11 bits per heavy atom. The van der Waals surface area contributed by atoms with Crippen molar-refractivity contribution < 1.29 is 32.1 Å². The van der Waals surface area contributed by atoms with Gasteiger partial charge in [0.2, 0.25) is 0 Å². The number of alkyl halides is 4. The van der Waals surface area contributed by atoms with Crippen LogP contribution in [0.4, 0.5) is 22.1 Å². The summed E-state index contributed by atoms with van der Waals surface area (Å²) < 4.78 is 54.4. The highest BCUT2D eigenvalue weighted by Crippen LogP contribution is 2.32. The van der Waals surface area contributed by atoms with Crippen molar-refractivity contribution in [1.29, 1.82) is 0 Å². The summed E-state index contributed by atoms with van der Waals surface area (Å²) in [5.41, 5.74) is 0. The molecular formula is C2HF5O2. The molecule has 0 aliphatic carbocycles. The Labute approximate surface area is 45.7 Å². The summed E-state index contributed by atoms with van der Waals surface area (Å²) in [6, 6.07) is 0. The maximum absolute atomic E-state index is 11.1. The highest BCUT2D eigenvalue weighted by Gasteiger charge is 2.58. The molecule has 7 heteroatoms. The first-order valence-electron chi connectivity index (χ1n) is 1.59. The van der Waals surface area contributed by atoms with Gasteiger partial charge in [-0.25, -0.2) is 0 Å². The van der Waals surface area contributed by atoms with Crippen LogP contribution < -0.4 is 0 Å². The molecule has 0 spiro atoms. The van der Waals surface area contributed by atoms with Crippen molar-refractivity contribution in [2.75, 3.05) is 0 Å². The molecule has 0 heterocycles. The van der Waals surface area contributed by atoms with Crippen molar-refractivity contribution in [3.05, 3.63) is 0 Å². The maximum atomic E-state index is 11.1. The van der Waals surface area contributed by atoms with E-state index >= 15 is 0 Å². The smallest absolute Gasteiger partial charge is 0.329 e. The summed E-state index contributed by atoms with van der Waals surface area (Å²) in [5, 5.41) is 7.10. The molecule has 0 saturated heterocycles. The Balaban J connectivity index is 4.14. The lowest BCUT2D eigenvalue weighted by atomic mass is 10.6. The minimum absolute atomic E-state index is 1.47. The van der Waals surface area contributed by atoms with Crippen LogP contribution in [0, 0.1) is 0 Å². The van der Waals surface area contributed by atoms with Gasteiger partial charge in [0.1, 0.15) is 0 Å². The van der Waals surface area contributed by atoms with Crippen molar-refractivity contribution in [1.82, 2.24) is 0 Å². The molecule has 9 heavy (non-hydrogen) atoms. The summed E-state index contributed by atoms with van der Waals surface area (Å²) in [7, 11) is 0. The first-order chi connectivity index (χ1) is 3.81. The Morgan fingerprint density at radius 3 is 1.44 bits per heavy atom. The fourth-order valence-corrected chi connectivity index (χ4v) is 0.0464. The molecule has 0 radical (unpaired) electrons. The van der Waals surface area contributed by atoms with Crippen LogP contribution in [0.2, 0.25) is 0 Å². The van der Waals surface area contributed by atoms with Gasteiger partial charge >= 0.3 is 12.2 Å². The Bertz CT molecular complexity index is 95.6. The Morgan fingerprint density at radius 2 is 1.44 bits per heavy atom. The average molecular weight is 152 g/mol. The number of hydrogen-bond donors (Lipinski definition) is 1. The summed E-state index contributed by atoms with van der Waals surface area (Å²) in [6.07, 6.45) is -10.9. The van der Waals surface area contributed by atoms with Gasteiger partial charge in [-0.2, -0.15) is 17.6 Å². The predicted octanol–water partition coefficient (Wildman–Crippen LogP) is 1.07. The standard InChI is InChI=1S/C2HF5O2/c3-1(4,8)2(5,6)9-7/h8H. The second-order valence-corrected chi connectivity index (χ2v) is 1.14. The minimum atomic E-state index is -5.48. The maximum Gasteiger partial charge on any atom is 0.478 e. The van der Waals surface area contributed by atoms with Gasteiger partial charge in [-0.3, -0.25) is 0 Å². The monoisotopic (exact) mass is 152 g/mol. The topological polar surface area (TPSA) is 29.5 Å². The third-order valence-electron chi connectivity index (χ3n) is 0.447. The molecule has 0 aromatic heterocycles. The third kappa shape index (κ3) is 1.75. The van der Waals surface area contributed by atoms with Crippen LogP contribution in [0.25, 0.3) is 0 Å². The molecule has 0 aliphatic rings. The van der Waals surface area contributed by atoms with Crippen molar-refractivity contribution >= 4 is 0 Å². The second-order valence-electron chi connectivity index (χ2n) is 1.14. The Kier molecular flexibility index (Phi) is 1.97. The van der Waals surface area contributed by atoms with Crippen LogP contribution in [0.3, 0.4) is 0 Å². The van der Waals surface area contributed by atoms with Gasteiger partial charge in [-0.05, 0) is 4.53 Å². The Hall–Kier alpha value is -0.430. The number of aliphatic hydroxyl groups is 1. The molecule has 0 aromatic carbocycles. The van der Waals surface area contributed by atoms with E-state index in [1.54, 1.807) is 0 Å². The average Bonchev–Trinajstić information content (AvgIpc) is 1.64. The molecule has 0 amide bonds. The lowest BCUT2D eigenvalue weighted by Crippen LogP contribution is -2.40. The van der Waals surface area contributed by atoms with Gasteiger partial charge in [-0.15, -0.1) is 4.94 Å². The molecular weight excluding hydrogens is 151 g/mol. The van der Waals surface area contributed by atoms with Crippen molar-refractivity contribution in [3.63, 3.8) is 0 Å². The van der Waals surface area contributed by atoms with E-state index < -0.39 is 12.2 Å². The molecule has 0 fully saturated rings. The van der Waals surface area contributed by atoms with E-state index in [2.05, 4.69) is 0 Å². The number of hydrogen-bond acceptors (Lipinski definition) is 2. The molecule has 0 atom stereocenters. The van der Waals surface area contributed by atoms with Crippen LogP contribution in [0.15, 0.2) is 0 Å². The summed E-state index contributed by atoms with van der Waals surface area (Å²) >= 11 is 0. The molecule has 0 unspecified atom stereocenters. The van der Waals surface area contributed by atoms with Crippen LogP contribution in [0.1, 0.15) is 0 Å². The van der Waals surface area contributed by atoms with E-state index in [-0.39, 0.29) is 0 Å². The zero-order valence-corrected chi connectivity index (χ0v) is 3.75. The molecule has 56 valence electrons. The van der Waals surface area contributed by atoms with Gasteiger partial charge in [0, 0.05) is 0 Å². The third-order valence-corrected chi connectivity index (χ3v) is 0.447. The van der Waals surface area contributed by atoms with Gasteiger partial charge in [0.05, 0.1) is 0 Å². The van der Waals surface area contributed by atoms with Gasteiger partial charge in [0.15, 0.2) is 0 Å². The van der Waals surface area contributed by atoms with Gasteiger partial charge in [-0.1, -0.05) is 0 Å². The molecule has 0 aromatic rings.